The number of hydrogen-bond donors (Lipinski definition) is 0. The third-order valence-electron chi connectivity index (χ3n) is 4.65. The molecule has 0 aliphatic carbocycles. The van der Waals surface area contributed by atoms with Gasteiger partial charge in [0.15, 0.2) is 15.0 Å². The molecule has 0 saturated carbocycles. The first-order valence-corrected chi connectivity index (χ1v) is 11.9. The molecule has 2 aliphatic heterocycles. The monoisotopic (exact) mass is 462 g/mol. The molecule has 4 rings (SSSR count). The topological polar surface area (TPSA) is 49.7 Å². The molecule has 4 nitrogen and oxygen atoms in total. The van der Waals surface area contributed by atoms with E-state index in [1.165, 1.54) is 17.8 Å². The van der Waals surface area contributed by atoms with Gasteiger partial charge in [0.05, 0.1) is 29.3 Å². The zero-order valence-electron chi connectivity index (χ0n) is 14.3. The number of rotatable bonds is 3. The zero-order valence-corrected chi connectivity index (χ0v) is 17.4. The first-order valence-electron chi connectivity index (χ1n) is 8.33. The predicted molar refractivity (Wildman–Crippen MR) is 110 cm³/mol. The minimum Gasteiger partial charge on any atom is -0.312 e. The molecule has 0 aromatic heterocycles. The van der Waals surface area contributed by atoms with Gasteiger partial charge >= 0.3 is 0 Å². The maximum atomic E-state index is 14.5. The van der Waals surface area contributed by atoms with Crippen molar-refractivity contribution in [1.29, 1.82) is 0 Å². The second-order valence-corrected chi connectivity index (χ2v) is 10.6. The molecule has 1 fully saturated rings. The number of halogens is 4. The molecule has 0 unspecified atom stereocenters. The van der Waals surface area contributed by atoms with Crippen molar-refractivity contribution in [2.45, 2.75) is 17.8 Å². The molecule has 2 aliphatic rings. The molecule has 2 aromatic carbocycles. The van der Waals surface area contributed by atoms with Crippen molar-refractivity contribution in [3.63, 3.8) is 0 Å². The molecule has 10 heteroatoms. The third kappa shape index (κ3) is 3.87. The van der Waals surface area contributed by atoms with Gasteiger partial charge in [0.25, 0.3) is 0 Å². The molecule has 0 N–H and O–H groups in total. The van der Waals surface area contributed by atoms with Crippen molar-refractivity contribution in [3.8, 4) is 0 Å². The first kappa shape index (κ1) is 19.9. The summed E-state index contributed by atoms with van der Waals surface area (Å²) in [6.45, 7) is 0. The highest BCUT2D eigenvalue weighted by atomic mass is 35.5. The second kappa shape index (κ2) is 7.48. The molecule has 148 valence electrons. The molecule has 0 radical (unpaired) electrons. The van der Waals surface area contributed by atoms with Gasteiger partial charge in [-0.2, -0.15) is 0 Å². The molecule has 2 aromatic rings. The fraction of sp³-hybridized carbons (Fsp3) is 0.278. The van der Waals surface area contributed by atoms with Crippen molar-refractivity contribution in [2.24, 2.45) is 4.99 Å². The van der Waals surface area contributed by atoms with Crippen LogP contribution in [0.5, 0.6) is 0 Å². The van der Waals surface area contributed by atoms with Gasteiger partial charge in [-0.25, -0.2) is 17.2 Å². The molecule has 28 heavy (non-hydrogen) atoms. The highest BCUT2D eigenvalue weighted by Gasteiger charge is 2.47. The Labute approximate surface area is 175 Å². The summed E-state index contributed by atoms with van der Waals surface area (Å²) in [6.07, 6.45) is 0. The van der Waals surface area contributed by atoms with Crippen LogP contribution < -0.4 is 4.90 Å². The van der Waals surface area contributed by atoms with Gasteiger partial charge in [0.2, 0.25) is 0 Å². The van der Waals surface area contributed by atoms with Crippen molar-refractivity contribution < 1.29 is 17.2 Å². The predicted octanol–water partition coefficient (Wildman–Crippen LogP) is 4.55. The SMILES string of the molecule is O=S1(=O)C[C@@H]2[C@@H](C1)N=C(SCc1ccc(Cl)cc1Cl)N2c1ccc(F)cc1F. The number of aliphatic imine (C=N–C) groups is 1. The van der Waals surface area contributed by atoms with Crippen LogP contribution in [0.2, 0.25) is 10.0 Å². The first-order chi connectivity index (χ1) is 13.2. The summed E-state index contributed by atoms with van der Waals surface area (Å²) < 4.78 is 51.9. The number of thioether (sulfide) groups is 1. The average molecular weight is 463 g/mol. The van der Waals surface area contributed by atoms with Gasteiger partial charge in [-0.1, -0.05) is 41.0 Å². The fourth-order valence-corrected chi connectivity index (χ4v) is 6.89. The van der Waals surface area contributed by atoms with Gasteiger partial charge in [-0.3, -0.25) is 4.99 Å². The van der Waals surface area contributed by atoms with Crippen LogP contribution in [-0.4, -0.2) is 37.2 Å². The van der Waals surface area contributed by atoms with Crippen LogP contribution in [0.15, 0.2) is 41.4 Å². The minimum absolute atomic E-state index is 0.0806. The van der Waals surface area contributed by atoms with Crippen LogP contribution in [0.25, 0.3) is 0 Å². The molecule has 0 spiro atoms. The van der Waals surface area contributed by atoms with Crippen molar-refractivity contribution >= 4 is 55.7 Å². The zero-order chi connectivity index (χ0) is 20.1. The standard InChI is InChI=1S/C18H14Cl2F2N2O2S2/c19-11-2-1-10(13(20)5-11)7-27-18-23-15-8-28(25,26)9-17(15)24(18)16-4-3-12(21)6-14(16)22/h1-6,15,17H,7-9H2/t15-,17-/m1/s1. The average Bonchev–Trinajstić information content (AvgIpc) is 3.06. The van der Waals surface area contributed by atoms with E-state index in [9.17, 15) is 17.2 Å². The summed E-state index contributed by atoms with van der Waals surface area (Å²) in [6, 6.07) is 7.40. The summed E-state index contributed by atoms with van der Waals surface area (Å²) in [7, 11) is -3.26. The number of benzene rings is 2. The summed E-state index contributed by atoms with van der Waals surface area (Å²) in [5, 5.41) is 1.51. The van der Waals surface area contributed by atoms with E-state index in [0.717, 1.165) is 17.7 Å². The molecule has 2 atom stereocenters. The van der Waals surface area contributed by atoms with E-state index in [1.807, 2.05) is 0 Å². The molecule has 1 saturated heterocycles. The van der Waals surface area contributed by atoms with E-state index in [2.05, 4.69) is 4.99 Å². The molecular weight excluding hydrogens is 449 g/mol. The third-order valence-corrected chi connectivity index (χ3v) is 7.95. The van der Waals surface area contributed by atoms with Crippen molar-refractivity contribution in [1.82, 2.24) is 0 Å². The maximum absolute atomic E-state index is 14.5. The molecule has 0 bridgehead atoms. The van der Waals surface area contributed by atoms with Gasteiger partial charge in [0, 0.05) is 21.9 Å². The number of nitrogens with zero attached hydrogens (tertiary/aromatic N) is 2. The minimum atomic E-state index is -3.26. The molecule has 0 amide bonds. The van der Waals surface area contributed by atoms with Gasteiger partial charge < -0.3 is 4.90 Å². The Balaban J connectivity index is 1.65. The summed E-state index contributed by atoms with van der Waals surface area (Å²) in [4.78, 5) is 6.09. The Morgan fingerprint density at radius 2 is 1.93 bits per heavy atom. The Bertz CT molecular complexity index is 1080. The van der Waals surface area contributed by atoms with Crippen LogP contribution >= 0.6 is 35.0 Å². The van der Waals surface area contributed by atoms with E-state index in [1.54, 1.807) is 23.1 Å². The van der Waals surface area contributed by atoms with Gasteiger partial charge in [-0.05, 0) is 29.8 Å². The van der Waals surface area contributed by atoms with Crippen LogP contribution in [0.3, 0.4) is 0 Å². The highest BCUT2D eigenvalue weighted by Crippen LogP contribution is 2.37. The van der Waals surface area contributed by atoms with Crippen LogP contribution in [0.4, 0.5) is 14.5 Å². The Morgan fingerprint density at radius 3 is 2.64 bits per heavy atom. The maximum Gasteiger partial charge on any atom is 0.164 e. The lowest BCUT2D eigenvalue weighted by Crippen LogP contribution is -2.39. The van der Waals surface area contributed by atoms with Gasteiger partial charge in [0.1, 0.15) is 11.6 Å². The van der Waals surface area contributed by atoms with E-state index < -0.39 is 33.6 Å². The molecule has 2 heterocycles. The second-order valence-electron chi connectivity index (χ2n) is 6.61. The number of amidine groups is 1. The lowest BCUT2D eigenvalue weighted by atomic mass is 10.1. The fourth-order valence-electron chi connectivity index (χ4n) is 3.37. The van der Waals surface area contributed by atoms with E-state index >= 15 is 0 Å². The van der Waals surface area contributed by atoms with E-state index in [-0.39, 0.29) is 17.2 Å². The molecular formula is C18H14Cl2F2N2O2S2. The highest BCUT2D eigenvalue weighted by molar-refractivity contribution is 8.13. The number of sulfone groups is 1. The van der Waals surface area contributed by atoms with Crippen LogP contribution in [-0.2, 0) is 15.6 Å². The van der Waals surface area contributed by atoms with Crippen molar-refractivity contribution in [3.05, 3.63) is 63.6 Å². The quantitative estimate of drug-likeness (QED) is 0.671. The normalized spacial score (nSPS) is 23.0. The van der Waals surface area contributed by atoms with E-state index in [0.29, 0.717) is 21.0 Å². The van der Waals surface area contributed by atoms with Crippen molar-refractivity contribution in [2.75, 3.05) is 16.4 Å². The number of anilines is 1. The Hall–Kier alpha value is -1.35. The smallest absolute Gasteiger partial charge is 0.164 e. The summed E-state index contributed by atoms with van der Waals surface area (Å²) in [5.74, 6) is -1.22. The Morgan fingerprint density at radius 1 is 1.14 bits per heavy atom. The largest absolute Gasteiger partial charge is 0.312 e. The summed E-state index contributed by atoms with van der Waals surface area (Å²) in [5.41, 5.74) is 0.933. The van der Waals surface area contributed by atoms with Crippen LogP contribution in [0.1, 0.15) is 5.56 Å². The van der Waals surface area contributed by atoms with Gasteiger partial charge in [-0.15, -0.1) is 0 Å². The number of hydrogen-bond acceptors (Lipinski definition) is 5. The van der Waals surface area contributed by atoms with E-state index in [4.69, 9.17) is 23.2 Å². The lowest BCUT2D eigenvalue weighted by Gasteiger charge is -2.27. The number of fused-ring (bicyclic) bond motifs is 1. The summed E-state index contributed by atoms with van der Waals surface area (Å²) >= 11 is 13.5. The lowest BCUT2D eigenvalue weighted by molar-refractivity contribution is 0.577. The Kier molecular flexibility index (Phi) is 5.33. The van der Waals surface area contributed by atoms with Crippen LogP contribution in [0, 0.1) is 11.6 Å².